The largest absolute Gasteiger partial charge is 0.451 e. The van der Waals surface area contributed by atoms with Crippen molar-refractivity contribution in [1.29, 1.82) is 0 Å². The number of amides is 1. The number of hydrogen-bond donors (Lipinski definition) is 1. The van der Waals surface area contributed by atoms with Crippen LogP contribution in [0.1, 0.15) is 27.6 Å². The van der Waals surface area contributed by atoms with Gasteiger partial charge in [-0.3, -0.25) is 4.79 Å². The first kappa shape index (κ1) is 15.2. The molecule has 0 radical (unpaired) electrons. The lowest BCUT2D eigenvalue weighted by atomic mass is 10.1. The highest BCUT2D eigenvalue weighted by Crippen LogP contribution is 2.37. The van der Waals surface area contributed by atoms with E-state index in [2.05, 4.69) is 5.32 Å². The van der Waals surface area contributed by atoms with Crippen molar-refractivity contribution < 1.29 is 18.7 Å². The van der Waals surface area contributed by atoms with Gasteiger partial charge in [0, 0.05) is 11.3 Å². The normalized spacial score (nSPS) is 21.6. The maximum atomic E-state index is 14.2. The van der Waals surface area contributed by atoms with E-state index in [0.29, 0.717) is 17.0 Å². The molecule has 0 saturated carbocycles. The summed E-state index contributed by atoms with van der Waals surface area (Å²) in [5.74, 6) is -0.307. The van der Waals surface area contributed by atoms with E-state index in [4.69, 9.17) is 4.74 Å². The van der Waals surface area contributed by atoms with E-state index in [1.807, 2.05) is 18.2 Å². The third-order valence-electron chi connectivity index (χ3n) is 4.19. The molecule has 4 nitrogen and oxygen atoms in total. The first-order valence-corrected chi connectivity index (χ1v) is 8.60. The van der Waals surface area contributed by atoms with Gasteiger partial charge in [-0.1, -0.05) is 24.3 Å². The highest BCUT2D eigenvalue weighted by molar-refractivity contribution is 8.00. The second kappa shape index (κ2) is 5.94. The van der Waals surface area contributed by atoms with E-state index in [9.17, 15) is 14.0 Å². The first-order chi connectivity index (χ1) is 11.6. The second-order valence-corrected chi connectivity index (χ2v) is 6.81. The molecule has 2 unspecified atom stereocenters. The van der Waals surface area contributed by atoms with Gasteiger partial charge in [-0.15, -0.1) is 11.8 Å². The lowest BCUT2D eigenvalue weighted by Gasteiger charge is -2.18. The SMILES string of the molecule is O=C1CSc2cc(C(=O)OC3c4ccccc4CC3F)ccc2N1. The molecule has 0 fully saturated rings. The highest BCUT2D eigenvalue weighted by Gasteiger charge is 2.35. The van der Waals surface area contributed by atoms with Gasteiger partial charge in [-0.2, -0.15) is 0 Å². The number of anilines is 1. The first-order valence-electron chi connectivity index (χ1n) is 7.61. The van der Waals surface area contributed by atoms with Crippen LogP contribution < -0.4 is 5.32 Å². The van der Waals surface area contributed by atoms with E-state index >= 15 is 0 Å². The Morgan fingerprint density at radius 3 is 2.96 bits per heavy atom. The molecule has 1 aliphatic carbocycles. The van der Waals surface area contributed by atoms with Crippen molar-refractivity contribution in [2.45, 2.75) is 23.6 Å². The predicted octanol–water partition coefficient (Wildman–Crippen LogP) is 3.52. The van der Waals surface area contributed by atoms with Crippen LogP contribution in [0.15, 0.2) is 47.4 Å². The van der Waals surface area contributed by atoms with Gasteiger partial charge in [-0.25, -0.2) is 9.18 Å². The summed E-state index contributed by atoms with van der Waals surface area (Å²) in [6, 6.07) is 12.3. The van der Waals surface area contributed by atoms with Crippen molar-refractivity contribution in [1.82, 2.24) is 0 Å². The molecule has 2 atom stereocenters. The molecule has 4 rings (SSSR count). The van der Waals surface area contributed by atoms with Crippen molar-refractivity contribution in [3.63, 3.8) is 0 Å². The molecule has 0 bridgehead atoms. The van der Waals surface area contributed by atoms with E-state index in [0.717, 1.165) is 16.0 Å². The lowest BCUT2D eigenvalue weighted by Crippen LogP contribution is -2.20. The molecule has 1 aliphatic heterocycles. The number of rotatable bonds is 2. The summed E-state index contributed by atoms with van der Waals surface area (Å²) < 4.78 is 19.7. The molecule has 0 aromatic heterocycles. The number of alkyl halides is 1. The van der Waals surface area contributed by atoms with Gasteiger partial charge in [0.15, 0.2) is 6.10 Å². The zero-order chi connectivity index (χ0) is 16.7. The molecule has 6 heteroatoms. The molecule has 2 aromatic rings. The number of halogens is 1. The summed E-state index contributed by atoms with van der Waals surface area (Å²) in [6.07, 6.45) is -1.82. The fraction of sp³-hybridized carbons (Fsp3) is 0.222. The van der Waals surface area contributed by atoms with Gasteiger partial charge < -0.3 is 10.1 Å². The Kier molecular flexibility index (Phi) is 3.76. The minimum Gasteiger partial charge on any atom is -0.451 e. The summed E-state index contributed by atoms with van der Waals surface area (Å²) in [5.41, 5.74) is 2.65. The average Bonchev–Trinajstić information content (AvgIpc) is 2.90. The number of esters is 1. The van der Waals surface area contributed by atoms with Crippen molar-refractivity contribution >= 4 is 29.3 Å². The fourth-order valence-electron chi connectivity index (χ4n) is 3.03. The van der Waals surface area contributed by atoms with Crippen LogP contribution in [0.2, 0.25) is 0 Å². The number of nitrogens with one attached hydrogen (secondary N) is 1. The van der Waals surface area contributed by atoms with Crippen molar-refractivity contribution in [3.8, 4) is 0 Å². The Morgan fingerprint density at radius 1 is 1.25 bits per heavy atom. The fourth-order valence-corrected chi connectivity index (χ4v) is 3.88. The smallest absolute Gasteiger partial charge is 0.338 e. The molecule has 1 N–H and O–H groups in total. The third-order valence-corrected chi connectivity index (χ3v) is 5.24. The van der Waals surface area contributed by atoms with E-state index in [1.165, 1.54) is 11.8 Å². The van der Waals surface area contributed by atoms with Crippen LogP contribution >= 0.6 is 11.8 Å². The number of hydrogen-bond acceptors (Lipinski definition) is 4. The lowest BCUT2D eigenvalue weighted by molar-refractivity contribution is -0.113. The molecule has 0 saturated heterocycles. The van der Waals surface area contributed by atoms with Crippen molar-refractivity contribution in [3.05, 3.63) is 59.2 Å². The molecular formula is C18H14FNO3S. The van der Waals surface area contributed by atoms with Crippen LogP contribution in [-0.4, -0.2) is 23.8 Å². The van der Waals surface area contributed by atoms with E-state index in [1.54, 1.807) is 24.3 Å². The van der Waals surface area contributed by atoms with Gasteiger partial charge in [-0.05, 0) is 29.3 Å². The maximum absolute atomic E-state index is 14.2. The standard InChI is InChI=1S/C18H14FNO3S/c19-13-7-10-3-1-2-4-12(10)17(13)23-18(22)11-5-6-14-15(8-11)24-9-16(21)20-14/h1-6,8,13,17H,7,9H2,(H,20,21). The predicted molar refractivity (Wildman–Crippen MR) is 89.0 cm³/mol. The molecule has 122 valence electrons. The van der Waals surface area contributed by atoms with Gasteiger partial charge in [0.25, 0.3) is 0 Å². The Balaban J connectivity index is 1.56. The van der Waals surface area contributed by atoms with Crippen molar-refractivity contribution in [2.75, 3.05) is 11.1 Å². The van der Waals surface area contributed by atoms with Crippen LogP contribution in [-0.2, 0) is 16.0 Å². The Morgan fingerprint density at radius 2 is 2.08 bits per heavy atom. The van der Waals surface area contributed by atoms with E-state index < -0.39 is 18.2 Å². The molecule has 1 heterocycles. The van der Waals surface area contributed by atoms with Crippen LogP contribution in [0.3, 0.4) is 0 Å². The second-order valence-electron chi connectivity index (χ2n) is 5.79. The van der Waals surface area contributed by atoms with Gasteiger partial charge >= 0.3 is 5.97 Å². The quantitative estimate of drug-likeness (QED) is 0.848. The maximum Gasteiger partial charge on any atom is 0.338 e. The minimum absolute atomic E-state index is 0.0642. The van der Waals surface area contributed by atoms with Crippen LogP contribution in [0.25, 0.3) is 0 Å². The highest BCUT2D eigenvalue weighted by atomic mass is 32.2. The van der Waals surface area contributed by atoms with Gasteiger partial charge in [0.1, 0.15) is 6.17 Å². The van der Waals surface area contributed by atoms with Crippen LogP contribution in [0.5, 0.6) is 0 Å². The molecule has 1 amide bonds. The summed E-state index contributed by atoms with van der Waals surface area (Å²) in [5, 5.41) is 2.75. The summed E-state index contributed by atoms with van der Waals surface area (Å²) in [6.45, 7) is 0. The Labute approximate surface area is 142 Å². The number of ether oxygens (including phenoxy) is 1. The monoisotopic (exact) mass is 343 g/mol. The summed E-state index contributed by atoms with van der Waals surface area (Å²) in [7, 11) is 0. The Hall–Kier alpha value is -2.34. The van der Waals surface area contributed by atoms with Crippen LogP contribution in [0, 0.1) is 0 Å². The number of thioether (sulfide) groups is 1. The summed E-state index contributed by atoms with van der Waals surface area (Å²) in [4.78, 5) is 24.6. The zero-order valence-electron chi connectivity index (χ0n) is 12.6. The van der Waals surface area contributed by atoms with Gasteiger partial charge in [0.05, 0.1) is 17.0 Å². The molecule has 2 aromatic carbocycles. The van der Waals surface area contributed by atoms with Crippen LogP contribution in [0.4, 0.5) is 10.1 Å². The van der Waals surface area contributed by atoms with E-state index in [-0.39, 0.29) is 12.3 Å². The molecule has 24 heavy (non-hydrogen) atoms. The zero-order valence-corrected chi connectivity index (χ0v) is 13.4. The van der Waals surface area contributed by atoms with Crippen molar-refractivity contribution in [2.24, 2.45) is 0 Å². The average molecular weight is 343 g/mol. The molecule has 2 aliphatic rings. The number of carbonyl (C=O) groups is 2. The number of fused-ring (bicyclic) bond motifs is 2. The third kappa shape index (κ3) is 2.67. The molecular weight excluding hydrogens is 329 g/mol. The summed E-state index contributed by atoms with van der Waals surface area (Å²) >= 11 is 1.37. The number of benzene rings is 2. The van der Waals surface area contributed by atoms with Gasteiger partial charge in [0.2, 0.25) is 5.91 Å². The number of carbonyl (C=O) groups excluding carboxylic acids is 2. The molecule has 0 spiro atoms. The Bertz CT molecular complexity index is 839. The minimum atomic E-state index is -1.22. The topological polar surface area (TPSA) is 55.4 Å².